The average molecular weight is 340 g/mol. The average Bonchev–Trinajstić information content (AvgIpc) is 2.43. The van der Waals surface area contributed by atoms with Crippen molar-refractivity contribution in [3.8, 4) is 17.8 Å². The van der Waals surface area contributed by atoms with E-state index >= 15 is 0 Å². The number of ether oxygens (including phenoxy) is 2. The number of hydrazine groups is 1. The summed E-state index contributed by atoms with van der Waals surface area (Å²) in [5.74, 6) is 6.09. The summed E-state index contributed by atoms with van der Waals surface area (Å²) in [6, 6.07) is 5.82. The minimum atomic E-state index is 0.109. The molecule has 7 nitrogen and oxygen atoms in total. The molecular weight excluding hydrogens is 326 g/mol. The predicted molar refractivity (Wildman–Crippen MR) is 77.8 cm³/mol. The molecule has 0 saturated carbocycles. The molecule has 1 aromatic carbocycles. The predicted octanol–water partition coefficient (Wildman–Crippen LogP) is 2.42. The van der Waals surface area contributed by atoms with Crippen molar-refractivity contribution < 1.29 is 9.47 Å². The Labute approximate surface area is 124 Å². The molecule has 0 aliphatic carbocycles. The van der Waals surface area contributed by atoms with E-state index in [1.807, 2.05) is 26.0 Å². The molecule has 106 valence electrons. The van der Waals surface area contributed by atoms with Crippen molar-refractivity contribution >= 4 is 21.9 Å². The zero-order valence-corrected chi connectivity index (χ0v) is 12.6. The third-order valence-corrected chi connectivity index (χ3v) is 3.23. The summed E-state index contributed by atoms with van der Waals surface area (Å²) in [6.45, 7) is 4.23. The van der Waals surface area contributed by atoms with Gasteiger partial charge in [0.2, 0.25) is 5.95 Å². The van der Waals surface area contributed by atoms with Gasteiger partial charge in [-0.15, -0.1) is 4.98 Å². The molecule has 0 unspecified atom stereocenters. The van der Waals surface area contributed by atoms with Crippen LogP contribution in [0.15, 0.2) is 22.7 Å². The van der Waals surface area contributed by atoms with Gasteiger partial charge in [0.05, 0.1) is 6.61 Å². The Morgan fingerprint density at radius 3 is 2.65 bits per heavy atom. The summed E-state index contributed by atoms with van der Waals surface area (Å²) in [5, 5.41) is 0. The van der Waals surface area contributed by atoms with Crippen LogP contribution in [0.1, 0.15) is 12.5 Å². The Morgan fingerprint density at radius 2 is 2.00 bits per heavy atom. The molecule has 0 aliphatic rings. The first-order valence-electron chi connectivity index (χ1n) is 5.92. The second-order valence-corrected chi connectivity index (χ2v) is 4.67. The quantitative estimate of drug-likeness (QED) is 0.637. The summed E-state index contributed by atoms with van der Waals surface area (Å²) in [5.41, 5.74) is 3.38. The van der Waals surface area contributed by atoms with E-state index in [1.165, 1.54) is 0 Å². The van der Waals surface area contributed by atoms with Crippen molar-refractivity contribution in [3.05, 3.63) is 28.2 Å². The van der Waals surface area contributed by atoms with Crippen LogP contribution in [0.3, 0.4) is 0 Å². The zero-order valence-electron chi connectivity index (χ0n) is 11.1. The lowest BCUT2D eigenvalue weighted by Crippen LogP contribution is -2.12. The highest BCUT2D eigenvalue weighted by molar-refractivity contribution is 9.10. The van der Waals surface area contributed by atoms with Crippen LogP contribution in [-0.4, -0.2) is 21.6 Å². The summed E-state index contributed by atoms with van der Waals surface area (Å²) < 4.78 is 11.8. The van der Waals surface area contributed by atoms with Crippen molar-refractivity contribution in [1.82, 2.24) is 15.0 Å². The fraction of sp³-hybridized carbons (Fsp3) is 0.250. The third kappa shape index (κ3) is 3.55. The van der Waals surface area contributed by atoms with Crippen LogP contribution < -0.4 is 20.7 Å². The highest BCUT2D eigenvalue weighted by atomic mass is 79.9. The standard InChI is InChI=1S/C12H14BrN5O2/c1-3-19-11-15-10(18-14)16-12(17-11)20-8-4-5-9(13)7(2)6-8/h4-6H,3,14H2,1-2H3,(H,15,16,17,18). The molecule has 20 heavy (non-hydrogen) atoms. The molecular formula is C12H14BrN5O2. The largest absolute Gasteiger partial charge is 0.464 e. The van der Waals surface area contributed by atoms with Gasteiger partial charge >= 0.3 is 12.0 Å². The Hall–Kier alpha value is -1.93. The van der Waals surface area contributed by atoms with E-state index in [4.69, 9.17) is 15.3 Å². The van der Waals surface area contributed by atoms with E-state index < -0.39 is 0 Å². The number of nitrogen functional groups attached to an aromatic ring is 1. The molecule has 0 aliphatic heterocycles. The van der Waals surface area contributed by atoms with Crippen molar-refractivity contribution in [2.75, 3.05) is 12.0 Å². The van der Waals surface area contributed by atoms with Crippen LogP contribution in [0.2, 0.25) is 0 Å². The number of nitrogens with two attached hydrogens (primary N) is 1. The van der Waals surface area contributed by atoms with Gasteiger partial charge in [0, 0.05) is 4.47 Å². The molecule has 0 bridgehead atoms. The first-order valence-corrected chi connectivity index (χ1v) is 6.71. The number of nitrogens with zero attached hydrogens (tertiary/aromatic N) is 3. The summed E-state index contributed by atoms with van der Waals surface area (Å²) in [6.07, 6.45) is 0. The SMILES string of the molecule is CCOc1nc(NN)nc(Oc2ccc(Br)c(C)c2)n1. The summed E-state index contributed by atoms with van der Waals surface area (Å²) >= 11 is 3.43. The van der Waals surface area contributed by atoms with Gasteiger partial charge in [-0.1, -0.05) is 15.9 Å². The van der Waals surface area contributed by atoms with Crippen molar-refractivity contribution in [3.63, 3.8) is 0 Å². The number of halogens is 1. The van der Waals surface area contributed by atoms with Gasteiger partial charge in [-0.3, -0.25) is 5.43 Å². The van der Waals surface area contributed by atoms with Crippen molar-refractivity contribution in [1.29, 1.82) is 0 Å². The lowest BCUT2D eigenvalue weighted by molar-refractivity contribution is 0.304. The molecule has 3 N–H and O–H groups in total. The number of hydrogen-bond acceptors (Lipinski definition) is 7. The fourth-order valence-electron chi connectivity index (χ4n) is 1.43. The topological polar surface area (TPSA) is 95.2 Å². The summed E-state index contributed by atoms with van der Waals surface area (Å²) in [7, 11) is 0. The highest BCUT2D eigenvalue weighted by Gasteiger charge is 2.09. The molecule has 1 heterocycles. The third-order valence-electron chi connectivity index (χ3n) is 2.34. The van der Waals surface area contributed by atoms with Gasteiger partial charge < -0.3 is 9.47 Å². The van der Waals surface area contributed by atoms with Gasteiger partial charge in [-0.25, -0.2) is 5.84 Å². The lowest BCUT2D eigenvalue weighted by Gasteiger charge is -2.08. The van der Waals surface area contributed by atoms with Gasteiger partial charge in [0.25, 0.3) is 0 Å². The van der Waals surface area contributed by atoms with E-state index in [-0.39, 0.29) is 18.0 Å². The minimum absolute atomic E-state index is 0.109. The fourth-order valence-corrected chi connectivity index (χ4v) is 1.67. The summed E-state index contributed by atoms with van der Waals surface area (Å²) in [4.78, 5) is 12.0. The lowest BCUT2D eigenvalue weighted by atomic mass is 10.2. The maximum absolute atomic E-state index is 5.59. The van der Waals surface area contributed by atoms with E-state index in [1.54, 1.807) is 6.07 Å². The molecule has 2 rings (SSSR count). The van der Waals surface area contributed by atoms with Crippen LogP contribution in [0.5, 0.6) is 17.8 Å². The van der Waals surface area contributed by atoms with Crippen LogP contribution >= 0.6 is 15.9 Å². The second kappa shape index (κ2) is 6.49. The molecule has 0 amide bonds. The monoisotopic (exact) mass is 339 g/mol. The second-order valence-electron chi connectivity index (χ2n) is 3.81. The molecule has 0 spiro atoms. The van der Waals surface area contributed by atoms with E-state index in [9.17, 15) is 0 Å². The number of aromatic nitrogens is 3. The molecule has 0 radical (unpaired) electrons. The number of benzene rings is 1. The molecule has 2 aromatic rings. The first kappa shape index (κ1) is 14.5. The van der Waals surface area contributed by atoms with Gasteiger partial charge in [0.15, 0.2) is 0 Å². The number of hydrogen-bond donors (Lipinski definition) is 2. The Kier molecular flexibility index (Phi) is 4.70. The van der Waals surface area contributed by atoms with Crippen LogP contribution in [0.4, 0.5) is 5.95 Å². The normalized spacial score (nSPS) is 10.2. The van der Waals surface area contributed by atoms with Crippen LogP contribution in [0, 0.1) is 6.92 Å². The first-order chi connectivity index (χ1) is 9.62. The van der Waals surface area contributed by atoms with Gasteiger partial charge in [-0.2, -0.15) is 9.97 Å². The van der Waals surface area contributed by atoms with Crippen LogP contribution in [-0.2, 0) is 0 Å². The number of nitrogens with one attached hydrogen (secondary N) is 1. The van der Waals surface area contributed by atoms with Gasteiger partial charge in [-0.05, 0) is 37.6 Å². The van der Waals surface area contributed by atoms with E-state index in [2.05, 4.69) is 36.3 Å². The number of aryl methyl sites for hydroxylation is 1. The van der Waals surface area contributed by atoms with Crippen molar-refractivity contribution in [2.24, 2.45) is 5.84 Å². The molecule has 0 atom stereocenters. The van der Waals surface area contributed by atoms with E-state index in [0.717, 1.165) is 10.0 Å². The van der Waals surface area contributed by atoms with E-state index in [0.29, 0.717) is 12.4 Å². The molecule has 0 fully saturated rings. The number of rotatable bonds is 5. The maximum Gasteiger partial charge on any atom is 0.330 e. The molecule has 1 aromatic heterocycles. The Balaban J connectivity index is 2.27. The minimum Gasteiger partial charge on any atom is -0.464 e. The smallest absolute Gasteiger partial charge is 0.330 e. The highest BCUT2D eigenvalue weighted by Crippen LogP contribution is 2.25. The Morgan fingerprint density at radius 1 is 1.25 bits per heavy atom. The van der Waals surface area contributed by atoms with Crippen molar-refractivity contribution in [2.45, 2.75) is 13.8 Å². The zero-order chi connectivity index (χ0) is 14.5. The van der Waals surface area contributed by atoms with Gasteiger partial charge in [0.1, 0.15) is 5.75 Å². The molecule has 8 heteroatoms. The Bertz CT molecular complexity index is 608. The number of anilines is 1. The molecule has 0 saturated heterocycles. The van der Waals surface area contributed by atoms with Crippen LogP contribution in [0.25, 0.3) is 0 Å². The maximum atomic E-state index is 5.59.